The fraction of sp³-hybridized carbons (Fsp3) is 0.243. The number of Topliss-reactive ketones (excluding diaryl/α,β-unsaturated/α-hetero) is 1. The predicted molar refractivity (Wildman–Crippen MR) is 184 cm³/mol. The number of fused-ring (bicyclic) bond motifs is 3. The molecule has 11 heteroatoms. The van der Waals surface area contributed by atoms with Gasteiger partial charge in [0.1, 0.15) is 18.1 Å². The number of rotatable bonds is 8. The second kappa shape index (κ2) is 12.5. The molecule has 5 aromatic rings. The molecule has 1 fully saturated rings. The van der Waals surface area contributed by atoms with Crippen LogP contribution < -0.4 is 4.90 Å². The first kappa shape index (κ1) is 32.6. The minimum atomic E-state index is -4.00. The number of benzene rings is 4. The van der Waals surface area contributed by atoms with Crippen molar-refractivity contribution in [1.82, 2.24) is 4.57 Å². The number of hydrogen-bond acceptors (Lipinski definition) is 5. The molecule has 1 saturated carbocycles. The molecule has 1 aliphatic heterocycles. The normalized spacial score (nSPS) is 15.4. The molecule has 48 heavy (non-hydrogen) atoms. The number of aromatic nitrogens is 1. The standard InChI is InChI=1S/C37H31ClF2N2O4S2/c1-23-36(47-31-15-9-12-25(33(31)39)30(43)21-48(45,46)24-10-3-2-4-11-24)26-16-17-28(38)34(40)35(26)41(23)20-32(44)42-22-37(18-7-8-19-37)27-13-5-6-14-29(27)42/h2-6,9-17H,7-8,18-22H2,1H3. The Kier molecular flexibility index (Phi) is 8.46. The average Bonchev–Trinajstić information content (AvgIpc) is 3.76. The SMILES string of the molecule is Cc1c(Sc2cccc(C(=O)CS(=O)(=O)c3ccccc3)c2F)c2ccc(Cl)c(F)c2n1CC(=O)N1CC2(CCCC2)c2ccccc21. The second-order valence-electron chi connectivity index (χ2n) is 12.5. The highest BCUT2D eigenvalue weighted by Gasteiger charge is 2.46. The number of carbonyl (C=O) groups excluding carboxylic acids is 2. The Labute approximate surface area is 286 Å². The third kappa shape index (κ3) is 5.53. The summed E-state index contributed by atoms with van der Waals surface area (Å²) >= 11 is 7.22. The molecule has 0 bridgehead atoms. The predicted octanol–water partition coefficient (Wildman–Crippen LogP) is 8.55. The molecule has 1 amide bonds. The van der Waals surface area contributed by atoms with E-state index in [9.17, 15) is 18.0 Å². The summed E-state index contributed by atoms with van der Waals surface area (Å²) in [6, 6.07) is 22.8. The van der Waals surface area contributed by atoms with Crippen LogP contribution in [0.25, 0.3) is 10.9 Å². The van der Waals surface area contributed by atoms with Gasteiger partial charge in [0.25, 0.3) is 0 Å². The van der Waals surface area contributed by atoms with Gasteiger partial charge >= 0.3 is 0 Å². The summed E-state index contributed by atoms with van der Waals surface area (Å²) in [6.45, 7) is 2.14. The maximum atomic E-state index is 16.0. The van der Waals surface area contributed by atoms with Crippen molar-refractivity contribution in [3.8, 4) is 0 Å². The maximum absolute atomic E-state index is 16.0. The zero-order valence-electron chi connectivity index (χ0n) is 26.0. The van der Waals surface area contributed by atoms with E-state index in [0.717, 1.165) is 43.1 Å². The zero-order valence-corrected chi connectivity index (χ0v) is 28.4. The van der Waals surface area contributed by atoms with Gasteiger partial charge in [-0.1, -0.05) is 78.7 Å². The maximum Gasteiger partial charge on any atom is 0.246 e. The fourth-order valence-corrected chi connectivity index (χ4v) is 9.72. The summed E-state index contributed by atoms with van der Waals surface area (Å²) in [5, 5.41) is 0.323. The van der Waals surface area contributed by atoms with Crippen LogP contribution in [0.3, 0.4) is 0 Å². The molecule has 2 aliphatic rings. The van der Waals surface area contributed by atoms with Crippen LogP contribution in [-0.2, 0) is 26.6 Å². The van der Waals surface area contributed by atoms with E-state index in [1.54, 1.807) is 40.7 Å². The van der Waals surface area contributed by atoms with E-state index >= 15 is 8.78 Å². The number of para-hydroxylation sites is 1. The molecule has 2 heterocycles. The first-order valence-corrected chi connectivity index (χ1v) is 18.5. The van der Waals surface area contributed by atoms with Gasteiger partial charge in [-0.3, -0.25) is 9.59 Å². The van der Waals surface area contributed by atoms with Crippen LogP contribution in [0.5, 0.6) is 0 Å². The zero-order chi connectivity index (χ0) is 33.8. The van der Waals surface area contributed by atoms with Gasteiger partial charge in [-0.2, -0.15) is 0 Å². The Hall–Kier alpha value is -3.99. The van der Waals surface area contributed by atoms with Crippen LogP contribution in [0.1, 0.15) is 47.3 Å². The lowest BCUT2D eigenvalue weighted by Gasteiger charge is -2.25. The summed E-state index contributed by atoms with van der Waals surface area (Å²) in [5.74, 6) is -3.54. The molecular weight excluding hydrogens is 674 g/mol. The van der Waals surface area contributed by atoms with E-state index in [-0.39, 0.29) is 43.8 Å². The first-order valence-electron chi connectivity index (χ1n) is 15.6. The smallest absolute Gasteiger partial charge is 0.246 e. The van der Waals surface area contributed by atoms with Gasteiger partial charge in [-0.15, -0.1) is 0 Å². The molecule has 7 rings (SSSR count). The van der Waals surface area contributed by atoms with Crippen LogP contribution in [0.2, 0.25) is 5.02 Å². The largest absolute Gasteiger partial charge is 0.332 e. The molecule has 0 saturated heterocycles. The van der Waals surface area contributed by atoms with Crippen molar-refractivity contribution in [3.05, 3.63) is 118 Å². The highest BCUT2D eigenvalue weighted by atomic mass is 35.5. The molecule has 246 valence electrons. The number of carbonyl (C=O) groups is 2. The molecule has 0 N–H and O–H groups in total. The number of ketones is 1. The molecule has 4 aromatic carbocycles. The topological polar surface area (TPSA) is 76.5 Å². The van der Waals surface area contributed by atoms with E-state index in [0.29, 0.717) is 22.5 Å². The Bertz CT molecular complexity index is 2210. The third-order valence-corrected chi connectivity index (χ3v) is 12.8. The Balaban J connectivity index is 1.22. The minimum Gasteiger partial charge on any atom is -0.332 e. The molecule has 0 unspecified atom stereocenters. The van der Waals surface area contributed by atoms with E-state index in [1.807, 2.05) is 18.2 Å². The van der Waals surface area contributed by atoms with Crippen LogP contribution in [0.4, 0.5) is 14.5 Å². The first-order chi connectivity index (χ1) is 23.0. The van der Waals surface area contributed by atoms with Gasteiger partial charge in [0.05, 0.1) is 21.0 Å². The van der Waals surface area contributed by atoms with Crippen molar-refractivity contribution in [2.45, 2.75) is 59.3 Å². The average molecular weight is 705 g/mol. The summed E-state index contributed by atoms with van der Waals surface area (Å²) < 4.78 is 59.0. The summed E-state index contributed by atoms with van der Waals surface area (Å²) in [6.07, 6.45) is 4.23. The minimum absolute atomic E-state index is 0.0289. The van der Waals surface area contributed by atoms with Crippen molar-refractivity contribution in [1.29, 1.82) is 0 Å². The number of hydrogen-bond donors (Lipinski definition) is 0. The second-order valence-corrected chi connectivity index (χ2v) is 15.9. The molecular formula is C37H31ClF2N2O4S2. The highest BCUT2D eigenvalue weighted by molar-refractivity contribution is 7.99. The van der Waals surface area contributed by atoms with Crippen LogP contribution in [0, 0.1) is 18.6 Å². The molecule has 6 nitrogen and oxygen atoms in total. The lowest BCUT2D eigenvalue weighted by atomic mass is 9.81. The Morgan fingerprint density at radius 3 is 2.35 bits per heavy atom. The van der Waals surface area contributed by atoms with Gasteiger partial charge in [0.2, 0.25) is 5.91 Å². The summed E-state index contributed by atoms with van der Waals surface area (Å²) in [7, 11) is -4.00. The van der Waals surface area contributed by atoms with Gasteiger partial charge in [-0.25, -0.2) is 17.2 Å². The van der Waals surface area contributed by atoms with Crippen LogP contribution in [0.15, 0.2) is 99.6 Å². The Morgan fingerprint density at radius 2 is 1.60 bits per heavy atom. The van der Waals surface area contributed by atoms with E-state index in [4.69, 9.17) is 11.6 Å². The van der Waals surface area contributed by atoms with Crippen molar-refractivity contribution >= 4 is 61.5 Å². The van der Waals surface area contributed by atoms with Crippen molar-refractivity contribution in [3.63, 3.8) is 0 Å². The summed E-state index contributed by atoms with van der Waals surface area (Å²) in [4.78, 5) is 29.5. The third-order valence-electron chi connectivity index (χ3n) is 9.60. The number of sulfone groups is 1. The van der Waals surface area contributed by atoms with E-state index < -0.39 is 33.0 Å². The number of nitrogens with zero attached hydrogens (tertiary/aromatic N) is 2. The number of halogens is 3. The van der Waals surface area contributed by atoms with Crippen molar-refractivity contribution < 1.29 is 26.8 Å². The molecule has 1 aliphatic carbocycles. The quantitative estimate of drug-likeness (QED) is 0.151. The number of amides is 1. The lowest BCUT2D eigenvalue weighted by Crippen LogP contribution is -2.37. The van der Waals surface area contributed by atoms with Gasteiger partial charge in [-0.05, 0) is 67.8 Å². The van der Waals surface area contributed by atoms with Gasteiger partial charge < -0.3 is 9.47 Å². The molecule has 0 atom stereocenters. The van der Waals surface area contributed by atoms with Crippen LogP contribution in [-0.4, -0.2) is 37.0 Å². The van der Waals surface area contributed by atoms with Crippen molar-refractivity contribution in [2.24, 2.45) is 0 Å². The molecule has 0 radical (unpaired) electrons. The Morgan fingerprint density at radius 1 is 0.896 bits per heavy atom. The molecule has 1 spiro atoms. The van der Waals surface area contributed by atoms with E-state index in [1.165, 1.54) is 42.0 Å². The van der Waals surface area contributed by atoms with Gasteiger partial charge in [0.15, 0.2) is 21.4 Å². The van der Waals surface area contributed by atoms with Crippen LogP contribution >= 0.6 is 23.4 Å². The lowest BCUT2D eigenvalue weighted by molar-refractivity contribution is -0.119. The van der Waals surface area contributed by atoms with E-state index in [2.05, 4.69) is 6.07 Å². The number of anilines is 1. The summed E-state index contributed by atoms with van der Waals surface area (Å²) in [5.41, 5.74) is 2.27. The monoisotopic (exact) mass is 704 g/mol. The van der Waals surface area contributed by atoms with Gasteiger partial charge in [0, 0.05) is 38.5 Å². The highest BCUT2D eigenvalue weighted by Crippen LogP contribution is 2.50. The van der Waals surface area contributed by atoms with Crippen molar-refractivity contribution in [2.75, 3.05) is 17.2 Å². The molecule has 1 aromatic heterocycles. The fourth-order valence-electron chi connectivity index (χ4n) is 7.23.